The number of hydrogen-bond donors (Lipinski definition) is 2. The normalized spacial score (nSPS) is 10.2. The van der Waals surface area contributed by atoms with Crippen molar-refractivity contribution in [3.05, 3.63) is 72.2 Å². The van der Waals surface area contributed by atoms with Crippen LogP contribution in [0.1, 0.15) is 28.0 Å². The Balaban J connectivity index is 1.63. The Morgan fingerprint density at radius 1 is 0.808 bits per heavy atom. The van der Waals surface area contributed by atoms with Crippen molar-refractivity contribution >= 4 is 23.1 Å². The Morgan fingerprint density at radius 3 is 1.85 bits per heavy atom. The number of Topliss-reactive ketones (excluding diaryl/α,β-unsaturated/α-hetero) is 1. The Bertz CT molecular complexity index is 912. The smallest absolute Gasteiger partial charge is 0.291 e. The standard InChI is InChI=1S/C20H18N2O4/c1-13(23)18-11-12-19(26-18)20(24)22-15-5-9-17(10-6-15)25-16-7-3-14(21-2)4-8-16/h3-12,21H,1-2H3,(H,22,24). The lowest BCUT2D eigenvalue weighted by atomic mass is 10.2. The first kappa shape index (κ1) is 17.3. The highest BCUT2D eigenvalue weighted by Crippen LogP contribution is 2.24. The SMILES string of the molecule is CNc1ccc(Oc2ccc(NC(=O)c3ccc(C(C)=O)o3)cc2)cc1. The van der Waals surface area contributed by atoms with Gasteiger partial charge in [-0.1, -0.05) is 0 Å². The van der Waals surface area contributed by atoms with Gasteiger partial charge >= 0.3 is 0 Å². The Hall–Kier alpha value is -3.54. The average molecular weight is 350 g/mol. The largest absolute Gasteiger partial charge is 0.457 e. The first-order valence-corrected chi connectivity index (χ1v) is 8.03. The third kappa shape index (κ3) is 4.10. The number of rotatable bonds is 6. The van der Waals surface area contributed by atoms with Gasteiger partial charge in [-0.25, -0.2) is 0 Å². The van der Waals surface area contributed by atoms with Gasteiger partial charge in [0.05, 0.1) is 0 Å². The van der Waals surface area contributed by atoms with Crippen molar-refractivity contribution in [1.82, 2.24) is 0 Å². The van der Waals surface area contributed by atoms with Crippen LogP contribution < -0.4 is 15.4 Å². The molecule has 0 spiro atoms. The van der Waals surface area contributed by atoms with Crippen LogP contribution in [0.4, 0.5) is 11.4 Å². The molecule has 6 nitrogen and oxygen atoms in total. The maximum absolute atomic E-state index is 12.1. The van der Waals surface area contributed by atoms with Crippen molar-refractivity contribution in [2.24, 2.45) is 0 Å². The molecule has 0 aliphatic carbocycles. The number of benzene rings is 2. The zero-order valence-corrected chi connectivity index (χ0v) is 14.4. The first-order chi connectivity index (χ1) is 12.5. The van der Waals surface area contributed by atoms with E-state index < -0.39 is 5.91 Å². The summed E-state index contributed by atoms with van der Waals surface area (Å²) >= 11 is 0. The topological polar surface area (TPSA) is 80.6 Å². The van der Waals surface area contributed by atoms with Gasteiger partial charge in [-0.05, 0) is 60.7 Å². The monoisotopic (exact) mass is 350 g/mol. The summed E-state index contributed by atoms with van der Waals surface area (Å²) in [6, 6.07) is 17.5. The molecule has 0 radical (unpaired) electrons. The van der Waals surface area contributed by atoms with E-state index in [0.717, 1.165) is 5.69 Å². The van der Waals surface area contributed by atoms with E-state index in [2.05, 4.69) is 10.6 Å². The molecule has 0 aliphatic heterocycles. The molecule has 0 unspecified atom stereocenters. The summed E-state index contributed by atoms with van der Waals surface area (Å²) in [6.07, 6.45) is 0. The summed E-state index contributed by atoms with van der Waals surface area (Å²) in [6.45, 7) is 1.38. The fraction of sp³-hybridized carbons (Fsp3) is 0.100. The van der Waals surface area contributed by atoms with E-state index in [-0.39, 0.29) is 17.3 Å². The van der Waals surface area contributed by atoms with Gasteiger partial charge in [-0.2, -0.15) is 0 Å². The second kappa shape index (κ2) is 7.57. The predicted molar refractivity (Wildman–Crippen MR) is 99.2 cm³/mol. The quantitative estimate of drug-likeness (QED) is 0.637. The van der Waals surface area contributed by atoms with Gasteiger partial charge in [0.1, 0.15) is 11.5 Å². The minimum absolute atomic E-state index is 0.0835. The zero-order chi connectivity index (χ0) is 18.5. The zero-order valence-electron chi connectivity index (χ0n) is 14.4. The van der Waals surface area contributed by atoms with E-state index in [4.69, 9.17) is 9.15 Å². The lowest BCUT2D eigenvalue weighted by Gasteiger charge is -2.08. The van der Waals surface area contributed by atoms with Crippen LogP contribution in [0.2, 0.25) is 0 Å². The van der Waals surface area contributed by atoms with Crippen LogP contribution in [0, 0.1) is 0 Å². The fourth-order valence-corrected chi connectivity index (χ4v) is 2.27. The second-order valence-corrected chi connectivity index (χ2v) is 5.58. The van der Waals surface area contributed by atoms with Crippen molar-refractivity contribution in [2.75, 3.05) is 17.7 Å². The van der Waals surface area contributed by atoms with Crippen molar-refractivity contribution in [1.29, 1.82) is 0 Å². The summed E-state index contributed by atoms with van der Waals surface area (Å²) in [5, 5.41) is 5.75. The van der Waals surface area contributed by atoms with Gasteiger partial charge < -0.3 is 19.8 Å². The average Bonchev–Trinajstić information content (AvgIpc) is 3.15. The third-order valence-electron chi connectivity index (χ3n) is 3.67. The number of carbonyl (C=O) groups is 2. The molecular weight excluding hydrogens is 332 g/mol. The molecule has 26 heavy (non-hydrogen) atoms. The third-order valence-corrected chi connectivity index (χ3v) is 3.67. The maximum atomic E-state index is 12.1. The summed E-state index contributed by atoms with van der Waals surface area (Å²) in [7, 11) is 1.85. The molecule has 0 atom stereocenters. The molecule has 1 amide bonds. The lowest BCUT2D eigenvalue weighted by molar-refractivity contribution is 0.0969. The van der Waals surface area contributed by atoms with Crippen molar-refractivity contribution < 1.29 is 18.7 Å². The van der Waals surface area contributed by atoms with Gasteiger partial charge in [0.2, 0.25) is 0 Å². The van der Waals surface area contributed by atoms with Crippen molar-refractivity contribution in [3.63, 3.8) is 0 Å². The molecule has 3 rings (SSSR count). The van der Waals surface area contributed by atoms with Gasteiger partial charge in [0, 0.05) is 25.3 Å². The van der Waals surface area contributed by atoms with Gasteiger partial charge in [0.15, 0.2) is 17.3 Å². The van der Waals surface area contributed by atoms with Crippen LogP contribution >= 0.6 is 0 Å². The molecule has 1 aromatic heterocycles. The minimum atomic E-state index is -0.422. The Labute approximate surface area is 150 Å². The highest BCUT2D eigenvalue weighted by atomic mass is 16.5. The molecule has 2 N–H and O–H groups in total. The number of ketones is 1. The number of carbonyl (C=O) groups excluding carboxylic acids is 2. The van der Waals surface area contributed by atoms with E-state index in [1.165, 1.54) is 19.1 Å². The van der Waals surface area contributed by atoms with E-state index in [1.807, 2.05) is 31.3 Å². The van der Waals surface area contributed by atoms with E-state index in [1.54, 1.807) is 24.3 Å². The van der Waals surface area contributed by atoms with Crippen LogP contribution in [0.5, 0.6) is 11.5 Å². The molecule has 0 bridgehead atoms. The molecule has 132 valence electrons. The Morgan fingerprint density at radius 2 is 1.35 bits per heavy atom. The van der Waals surface area contributed by atoms with Gasteiger partial charge in [-0.3, -0.25) is 9.59 Å². The summed E-state index contributed by atoms with van der Waals surface area (Å²) in [5.74, 6) is 0.954. The molecular formula is C20H18N2O4. The summed E-state index contributed by atoms with van der Waals surface area (Å²) in [5.41, 5.74) is 1.59. The molecule has 0 aliphatic rings. The second-order valence-electron chi connectivity index (χ2n) is 5.58. The van der Waals surface area contributed by atoms with Crippen LogP contribution in [0.25, 0.3) is 0 Å². The number of anilines is 2. The molecule has 0 saturated carbocycles. The number of furan rings is 1. The number of ether oxygens (including phenoxy) is 1. The minimum Gasteiger partial charge on any atom is -0.457 e. The number of nitrogens with one attached hydrogen (secondary N) is 2. The molecule has 0 fully saturated rings. The first-order valence-electron chi connectivity index (χ1n) is 8.03. The van der Waals surface area contributed by atoms with Crippen LogP contribution in [0.3, 0.4) is 0 Å². The highest BCUT2D eigenvalue weighted by molar-refractivity contribution is 6.03. The number of amides is 1. The lowest BCUT2D eigenvalue weighted by Crippen LogP contribution is -2.10. The van der Waals surface area contributed by atoms with Gasteiger partial charge in [0.25, 0.3) is 5.91 Å². The molecule has 2 aromatic carbocycles. The highest BCUT2D eigenvalue weighted by Gasteiger charge is 2.13. The molecule has 6 heteroatoms. The fourth-order valence-electron chi connectivity index (χ4n) is 2.27. The van der Waals surface area contributed by atoms with E-state index in [9.17, 15) is 9.59 Å². The van der Waals surface area contributed by atoms with Crippen LogP contribution in [-0.2, 0) is 0 Å². The molecule has 3 aromatic rings. The van der Waals surface area contributed by atoms with Crippen LogP contribution in [-0.4, -0.2) is 18.7 Å². The van der Waals surface area contributed by atoms with E-state index >= 15 is 0 Å². The van der Waals surface area contributed by atoms with Crippen molar-refractivity contribution in [2.45, 2.75) is 6.92 Å². The van der Waals surface area contributed by atoms with Crippen LogP contribution in [0.15, 0.2) is 65.1 Å². The number of hydrogen-bond acceptors (Lipinski definition) is 5. The summed E-state index contributed by atoms with van der Waals surface area (Å²) < 4.78 is 11.0. The Kier molecular flexibility index (Phi) is 5.03. The molecule has 1 heterocycles. The molecule has 0 saturated heterocycles. The van der Waals surface area contributed by atoms with Crippen molar-refractivity contribution in [3.8, 4) is 11.5 Å². The summed E-state index contributed by atoms with van der Waals surface area (Å²) in [4.78, 5) is 23.4. The van der Waals surface area contributed by atoms with Gasteiger partial charge in [-0.15, -0.1) is 0 Å². The van der Waals surface area contributed by atoms with E-state index in [0.29, 0.717) is 17.2 Å². The maximum Gasteiger partial charge on any atom is 0.291 e. The predicted octanol–water partition coefficient (Wildman–Crippen LogP) is 4.57.